The van der Waals surface area contributed by atoms with Crippen molar-refractivity contribution in [3.8, 4) is 0 Å². The maximum atomic E-state index is 11.8. The maximum absolute atomic E-state index is 11.8. The van der Waals surface area contributed by atoms with E-state index in [0.29, 0.717) is 5.56 Å². The van der Waals surface area contributed by atoms with Crippen LogP contribution >= 0.6 is 0 Å². The number of non-ortho nitro benzene ring substituents is 1. The van der Waals surface area contributed by atoms with Crippen molar-refractivity contribution < 1.29 is 19.6 Å². The molecule has 8 heteroatoms. The maximum Gasteiger partial charge on any atom is 0.269 e. The fourth-order valence-electron chi connectivity index (χ4n) is 2.39. The molecule has 2 amide bonds. The van der Waals surface area contributed by atoms with Crippen LogP contribution in [0.1, 0.15) is 23.7 Å². The lowest BCUT2D eigenvalue weighted by Crippen LogP contribution is -2.33. The van der Waals surface area contributed by atoms with Crippen molar-refractivity contribution in [3.05, 3.63) is 75.8 Å². The molecule has 27 heavy (non-hydrogen) atoms. The van der Waals surface area contributed by atoms with Crippen LogP contribution in [0.3, 0.4) is 0 Å². The third-order valence-electron chi connectivity index (χ3n) is 3.86. The molecule has 0 bridgehead atoms. The van der Waals surface area contributed by atoms with Crippen LogP contribution in [0.15, 0.2) is 54.6 Å². The first kappa shape index (κ1) is 20.1. The number of carbonyl (C=O) groups is 2. The van der Waals surface area contributed by atoms with Crippen LogP contribution in [0.4, 0.5) is 5.69 Å². The first-order chi connectivity index (χ1) is 13.0. The van der Waals surface area contributed by atoms with Gasteiger partial charge in [0.1, 0.15) is 0 Å². The van der Waals surface area contributed by atoms with Gasteiger partial charge < -0.3 is 15.7 Å². The molecule has 142 valence electrons. The summed E-state index contributed by atoms with van der Waals surface area (Å²) in [6.07, 6.45) is -0.628. The number of nitrogens with one attached hydrogen (secondary N) is 2. The molecule has 3 N–H and O–H groups in total. The monoisotopic (exact) mass is 371 g/mol. The van der Waals surface area contributed by atoms with E-state index in [-0.39, 0.29) is 43.4 Å². The van der Waals surface area contributed by atoms with E-state index < -0.39 is 11.0 Å². The molecule has 0 unspecified atom stereocenters. The van der Waals surface area contributed by atoms with E-state index in [1.54, 1.807) is 0 Å². The van der Waals surface area contributed by atoms with Crippen LogP contribution in [-0.2, 0) is 16.0 Å². The number of amides is 2. The van der Waals surface area contributed by atoms with Gasteiger partial charge in [0.15, 0.2) is 0 Å². The summed E-state index contributed by atoms with van der Waals surface area (Å²) >= 11 is 0. The van der Waals surface area contributed by atoms with Crippen LogP contribution < -0.4 is 10.6 Å². The molecular formula is C19H21N3O5. The summed E-state index contributed by atoms with van der Waals surface area (Å²) in [6, 6.07) is 14.8. The molecular weight excluding hydrogens is 350 g/mol. The minimum Gasteiger partial charge on any atom is -0.387 e. The topological polar surface area (TPSA) is 122 Å². The smallest absolute Gasteiger partial charge is 0.269 e. The van der Waals surface area contributed by atoms with Gasteiger partial charge in [-0.2, -0.15) is 0 Å². The standard InChI is InChI=1S/C19H21N3O5/c23-17(15-6-8-16(9-7-15)22(26)27)13-21-18(24)10-11-20-19(25)12-14-4-2-1-3-5-14/h1-9,17,23H,10-13H2,(H,20,25)(H,21,24)/t17-/m1/s1. The Labute approximate surface area is 156 Å². The van der Waals surface area contributed by atoms with E-state index in [9.17, 15) is 24.8 Å². The van der Waals surface area contributed by atoms with Gasteiger partial charge in [-0.15, -0.1) is 0 Å². The molecule has 0 heterocycles. The van der Waals surface area contributed by atoms with Crippen molar-refractivity contribution in [1.82, 2.24) is 10.6 Å². The molecule has 0 spiro atoms. The molecule has 2 aromatic carbocycles. The Kier molecular flexibility index (Phi) is 7.45. The average Bonchev–Trinajstić information content (AvgIpc) is 2.67. The van der Waals surface area contributed by atoms with Crippen molar-refractivity contribution in [1.29, 1.82) is 0 Å². The molecule has 8 nitrogen and oxygen atoms in total. The molecule has 0 aliphatic carbocycles. The van der Waals surface area contributed by atoms with Gasteiger partial charge in [0.25, 0.3) is 5.69 Å². The minimum atomic E-state index is -0.970. The van der Waals surface area contributed by atoms with Crippen molar-refractivity contribution in [2.75, 3.05) is 13.1 Å². The number of nitrogens with zero attached hydrogens (tertiary/aromatic N) is 1. The van der Waals surface area contributed by atoms with E-state index >= 15 is 0 Å². The highest BCUT2D eigenvalue weighted by Gasteiger charge is 2.12. The van der Waals surface area contributed by atoms with E-state index in [0.717, 1.165) is 5.56 Å². The largest absolute Gasteiger partial charge is 0.387 e. The zero-order chi connectivity index (χ0) is 19.6. The Morgan fingerprint density at radius 2 is 1.67 bits per heavy atom. The summed E-state index contributed by atoms with van der Waals surface area (Å²) in [6.45, 7) is 0.180. The number of hydrogen-bond donors (Lipinski definition) is 3. The molecule has 0 aliphatic rings. The molecule has 0 radical (unpaired) electrons. The normalized spacial score (nSPS) is 11.4. The molecule has 0 saturated carbocycles. The van der Waals surface area contributed by atoms with Crippen LogP contribution in [-0.4, -0.2) is 34.9 Å². The Morgan fingerprint density at radius 1 is 1.00 bits per heavy atom. The van der Waals surface area contributed by atoms with Crippen LogP contribution in [0.5, 0.6) is 0 Å². The van der Waals surface area contributed by atoms with Gasteiger partial charge in [0, 0.05) is 31.6 Å². The van der Waals surface area contributed by atoms with E-state index in [2.05, 4.69) is 10.6 Å². The van der Waals surface area contributed by atoms with Crippen molar-refractivity contribution >= 4 is 17.5 Å². The first-order valence-electron chi connectivity index (χ1n) is 8.45. The Bertz CT molecular complexity index is 778. The summed E-state index contributed by atoms with van der Waals surface area (Å²) in [5.41, 5.74) is 1.30. The fourth-order valence-corrected chi connectivity index (χ4v) is 2.39. The van der Waals surface area contributed by atoms with Gasteiger partial charge in [0.05, 0.1) is 17.4 Å². The summed E-state index contributed by atoms with van der Waals surface area (Å²) < 4.78 is 0. The fraction of sp³-hybridized carbons (Fsp3) is 0.263. The third kappa shape index (κ3) is 6.87. The predicted molar refractivity (Wildman–Crippen MR) is 98.8 cm³/mol. The second-order valence-corrected chi connectivity index (χ2v) is 5.93. The number of aliphatic hydroxyl groups excluding tert-OH is 1. The zero-order valence-corrected chi connectivity index (χ0v) is 14.6. The number of aliphatic hydroxyl groups is 1. The number of nitro groups is 1. The molecule has 1 atom stereocenters. The third-order valence-corrected chi connectivity index (χ3v) is 3.86. The van der Waals surface area contributed by atoms with Gasteiger partial charge in [0.2, 0.25) is 11.8 Å². The lowest BCUT2D eigenvalue weighted by molar-refractivity contribution is -0.384. The number of carbonyl (C=O) groups excluding carboxylic acids is 2. The second-order valence-electron chi connectivity index (χ2n) is 5.93. The van der Waals surface area contributed by atoms with Crippen LogP contribution in [0.2, 0.25) is 0 Å². The highest BCUT2D eigenvalue weighted by molar-refractivity contribution is 5.80. The summed E-state index contributed by atoms with van der Waals surface area (Å²) in [7, 11) is 0. The van der Waals surface area contributed by atoms with Crippen molar-refractivity contribution in [2.24, 2.45) is 0 Å². The van der Waals surface area contributed by atoms with Crippen molar-refractivity contribution in [3.63, 3.8) is 0 Å². The van der Waals surface area contributed by atoms with E-state index in [1.165, 1.54) is 24.3 Å². The van der Waals surface area contributed by atoms with Gasteiger partial charge in [-0.1, -0.05) is 30.3 Å². The molecule has 0 aliphatic heterocycles. The molecule has 2 aromatic rings. The SMILES string of the molecule is O=C(CCNC(=O)Cc1ccccc1)NC[C@@H](O)c1ccc([N+](=O)[O-])cc1. The second kappa shape index (κ2) is 10.0. The minimum absolute atomic E-state index is 0.0192. The highest BCUT2D eigenvalue weighted by Crippen LogP contribution is 2.17. The Balaban J connectivity index is 1.66. The highest BCUT2D eigenvalue weighted by atomic mass is 16.6. The average molecular weight is 371 g/mol. The predicted octanol–water partition coefficient (Wildman–Crippen LogP) is 1.49. The number of hydrogen-bond acceptors (Lipinski definition) is 5. The Morgan fingerprint density at radius 3 is 2.30 bits per heavy atom. The number of rotatable bonds is 9. The Hall–Kier alpha value is -3.26. The summed E-state index contributed by atoms with van der Waals surface area (Å²) in [5.74, 6) is -0.476. The van der Waals surface area contributed by atoms with E-state index in [4.69, 9.17) is 0 Å². The zero-order valence-electron chi connectivity index (χ0n) is 14.6. The molecule has 0 saturated heterocycles. The lowest BCUT2D eigenvalue weighted by atomic mass is 10.1. The molecule has 0 fully saturated rings. The van der Waals surface area contributed by atoms with Gasteiger partial charge >= 0.3 is 0 Å². The van der Waals surface area contributed by atoms with Crippen LogP contribution in [0, 0.1) is 10.1 Å². The molecule has 2 rings (SSSR count). The lowest BCUT2D eigenvalue weighted by Gasteiger charge is -2.12. The molecule has 0 aromatic heterocycles. The summed E-state index contributed by atoms with van der Waals surface area (Å²) in [4.78, 5) is 33.7. The first-order valence-corrected chi connectivity index (χ1v) is 8.45. The van der Waals surface area contributed by atoms with Crippen molar-refractivity contribution in [2.45, 2.75) is 18.9 Å². The van der Waals surface area contributed by atoms with Crippen LogP contribution in [0.25, 0.3) is 0 Å². The number of benzene rings is 2. The van der Waals surface area contributed by atoms with E-state index in [1.807, 2.05) is 30.3 Å². The summed E-state index contributed by atoms with van der Waals surface area (Å²) in [5, 5.41) is 25.9. The van der Waals surface area contributed by atoms with Gasteiger partial charge in [-0.05, 0) is 23.3 Å². The van der Waals surface area contributed by atoms with Gasteiger partial charge in [-0.25, -0.2) is 0 Å². The van der Waals surface area contributed by atoms with Gasteiger partial charge in [-0.3, -0.25) is 19.7 Å². The quantitative estimate of drug-likeness (QED) is 0.455. The number of nitro benzene ring substituents is 1.